The van der Waals surface area contributed by atoms with E-state index >= 15 is 0 Å². The van der Waals surface area contributed by atoms with Crippen LogP contribution in [0.2, 0.25) is 10.0 Å². The molecule has 3 aliphatic heterocycles. The summed E-state index contributed by atoms with van der Waals surface area (Å²) in [5, 5.41) is 15.4. The second kappa shape index (κ2) is 12.7. The summed E-state index contributed by atoms with van der Waals surface area (Å²) in [5.74, 6) is -0.340. The highest BCUT2D eigenvalue weighted by Crippen LogP contribution is 2.30. The molecule has 3 saturated heterocycles. The molecular formula is C28H36Cl2N4O4S. The number of likely N-dealkylation sites (tertiary alicyclic amines) is 2. The van der Waals surface area contributed by atoms with Crippen LogP contribution in [-0.2, 0) is 15.1 Å². The van der Waals surface area contributed by atoms with Gasteiger partial charge in [-0.1, -0.05) is 35.3 Å². The number of nitrogens with one attached hydrogen (secondary N) is 1. The molecule has 1 atom stereocenters. The molecule has 0 saturated carbocycles. The van der Waals surface area contributed by atoms with Crippen molar-refractivity contribution in [1.82, 2.24) is 14.7 Å². The maximum Gasteiger partial charge on any atom is 0.258 e. The van der Waals surface area contributed by atoms with Gasteiger partial charge in [0.25, 0.3) is 11.8 Å². The van der Waals surface area contributed by atoms with Crippen molar-refractivity contribution in [3.05, 3.63) is 63.6 Å². The molecule has 0 bridgehead atoms. The first-order chi connectivity index (χ1) is 18.2. The Balaban J connectivity index is 0.00000353. The van der Waals surface area contributed by atoms with Crippen molar-refractivity contribution in [3.8, 4) is 0 Å². The van der Waals surface area contributed by atoms with Crippen LogP contribution in [0.15, 0.2) is 42.5 Å². The minimum atomic E-state index is -1.60. The van der Waals surface area contributed by atoms with Crippen molar-refractivity contribution in [1.29, 1.82) is 0 Å². The second-order valence-electron chi connectivity index (χ2n) is 10.5. The molecule has 0 spiro atoms. The van der Waals surface area contributed by atoms with Gasteiger partial charge in [0.15, 0.2) is 5.60 Å². The van der Waals surface area contributed by atoms with Crippen LogP contribution < -0.4 is 5.32 Å². The number of piperidine rings is 1. The van der Waals surface area contributed by atoms with Gasteiger partial charge in [-0.2, -0.15) is 13.5 Å². The molecule has 2 aromatic carbocycles. The summed E-state index contributed by atoms with van der Waals surface area (Å²) in [6.07, 6.45) is 1.74. The summed E-state index contributed by atoms with van der Waals surface area (Å²) in [5.41, 5.74) is 0.326. The number of rotatable bonds is 6. The largest absolute Gasteiger partial charge is 0.380 e. The van der Waals surface area contributed by atoms with Gasteiger partial charge in [0, 0.05) is 56.0 Å². The molecule has 3 fully saturated rings. The zero-order valence-electron chi connectivity index (χ0n) is 22.0. The van der Waals surface area contributed by atoms with E-state index in [0.29, 0.717) is 72.6 Å². The van der Waals surface area contributed by atoms with Crippen molar-refractivity contribution >= 4 is 54.2 Å². The molecule has 0 aromatic heterocycles. The quantitative estimate of drug-likeness (QED) is 0.532. The van der Waals surface area contributed by atoms with E-state index in [2.05, 4.69) is 10.2 Å². The van der Waals surface area contributed by atoms with E-state index in [4.69, 9.17) is 27.9 Å². The fourth-order valence-electron chi connectivity index (χ4n) is 5.51. The average Bonchev–Trinajstić information content (AvgIpc) is 2.90. The number of morpholine rings is 1. The summed E-state index contributed by atoms with van der Waals surface area (Å²) in [6.45, 7) is 6.86. The number of halogens is 2. The lowest BCUT2D eigenvalue weighted by molar-refractivity contribution is -0.152. The van der Waals surface area contributed by atoms with Crippen LogP contribution in [0.4, 0.5) is 5.69 Å². The van der Waals surface area contributed by atoms with Gasteiger partial charge in [-0.25, -0.2) is 0 Å². The molecule has 0 unspecified atom stereocenters. The molecule has 2 N–H and O–H groups in total. The number of ether oxygens (including phenoxy) is 1. The lowest BCUT2D eigenvalue weighted by Gasteiger charge is -2.48. The number of benzene rings is 2. The Morgan fingerprint density at radius 1 is 1.00 bits per heavy atom. The van der Waals surface area contributed by atoms with Crippen molar-refractivity contribution in [2.24, 2.45) is 0 Å². The number of hydrogen-bond donors (Lipinski definition) is 2. The first-order valence-electron chi connectivity index (χ1n) is 13.2. The Hall–Kier alpha value is -2.01. The number of amides is 2. The molecule has 3 heterocycles. The molecule has 212 valence electrons. The average molecular weight is 596 g/mol. The van der Waals surface area contributed by atoms with Crippen LogP contribution in [0.25, 0.3) is 0 Å². The maximum absolute atomic E-state index is 13.1. The topological polar surface area (TPSA) is 85.3 Å². The minimum absolute atomic E-state index is 0. The van der Waals surface area contributed by atoms with Crippen LogP contribution in [-0.4, -0.2) is 96.2 Å². The Kier molecular flexibility index (Phi) is 9.73. The second-order valence-corrected chi connectivity index (χ2v) is 11.3. The van der Waals surface area contributed by atoms with Gasteiger partial charge in [0.2, 0.25) is 0 Å². The molecule has 2 aromatic rings. The zero-order valence-corrected chi connectivity index (χ0v) is 24.5. The van der Waals surface area contributed by atoms with Crippen LogP contribution >= 0.6 is 36.7 Å². The smallest absolute Gasteiger partial charge is 0.258 e. The van der Waals surface area contributed by atoms with E-state index < -0.39 is 5.60 Å². The molecule has 0 aliphatic carbocycles. The molecule has 2 amide bonds. The van der Waals surface area contributed by atoms with Crippen LogP contribution in [0.3, 0.4) is 0 Å². The van der Waals surface area contributed by atoms with E-state index in [1.165, 1.54) is 6.92 Å². The molecule has 3 aliphatic rings. The normalized spacial score (nSPS) is 20.5. The Morgan fingerprint density at radius 2 is 1.69 bits per heavy atom. The predicted molar refractivity (Wildman–Crippen MR) is 158 cm³/mol. The summed E-state index contributed by atoms with van der Waals surface area (Å²) >= 11 is 12.5. The van der Waals surface area contributed by atoms with Crippen molar-refractivity contribution in [2.45, 2.75) is 37.5 Å². The highest BCUT2D eigenvalue weighted by atomic mass is 35.5. The Bertz CT molecular complexity index is 1180. The molecule has 0 radical (unpaired) electrons. The molecular weight excluding hydrogens is 559 g/mol. The molecule has 11 heteroatoms. The Labute approximate surface area is 246 Å². The van der Waals surface area contributed by atoms with E-state index in [-0.39, 0.29) is 25.3 Å². The number of hydrogen-bond acceptors (Lipinski definition) is 6. The predicted octanol–water partition coefficient (Wildman–Crippen LogP) is 3.57. The number of nitrogens with zero attached hydrogens (tertiary/aromatic N) is 3. The number of carbonyl (C=O) groups is 2. The number of anilines is 1. The standard InChI is InChI=1S/C28H34Cl2N4O4.H2S/c1-28(37,19-3-2-4-20(29)15-19)27(36)33-9-7-23(8-10-33)34-17-22(18-34)31-21-5-6-24(25(30)16-21)26(35)32-11-13-38-14-12-32;/h2-6,15-16,22-23,31,37H,7-14,17-18H2,1H3;1H2/t28-;/m0./s1. The van der Waals surface area contributed by atoms with Crippen molar-refractivity contribution in [2.75, 3.05) is 57.8 Å². The molecule has 39 heavy (non-hydrogen) atoms. The minimum Gasteiger partial charge on any atom is -0.380 e. The highest BCUT2D eigenvalue weighted by Gasteiger charge is 2.40. The summed E-state index contributed by atoms with van der Waals surface area (Å²) in [7, 11) is 0. The van der Waals surface area contributed by atoms with E-state index in [1.54, 1.807) is 40.1 Å². The first kappa shape index (κ1) is 30.0. The van der Waals surface area contributed by atoms with E-state index in [0.717, 1.165) is 31.6 Å². The lowest BCUT2D eigenvalue weighted by atomic mass is 9.92. The summed E-state index contributed by atoms with van der Waals surface area (Å²) < 4.78 is 5.33. The van der Waals surface area contributed by atoms with Crippen LogP contribution in [0.5, 0.6) is 0 Å². The third kappa shape index (κ3) is 6.66. The number of carbonyl (C=O) groups excluding carboxylic acids is 2. The molecule has 8 nitrogen and oxygen atoms in total. The summed E-state index contributed by atoms with van der Waals surface area (Å²) in [6, 6.07) is 13.1. The van der Waals surface area contributed by atoms with Crippen molar-refractivity contribution in [3.63, 3.8) is 0 Å². The fourth-order valence-corrected chi connectivity index (χ4v) is 5.96. The van der Waals surface area contributed by atoms with Gasteiger partial charge in [-0.15, -0.1) is 0 Å². The lowest BCUT2D eigenvalue weighted by Crippen LogP contribution is -2.61. The zero-order chi connectivity index (χ0) is 26.9. The van der Waals surface area contributed by atoms with Gasteiger partial charge in [-0.05, 0) is 55.7 Å². The van der Waals surface area contributed by atoms with Gasteiger partial charge < -0.3 is 25.0 Å². The third-order valence-electron chi connectivity index (χ3n) is 7.85. The SMILES string of the molecule is C[C@@](O)(C(=O)N1CCC(N2CC(Nc3ccc(C(=O)N4CCOCC4)c(Cl)c3)C2)CC1)c1cccc(Cl)c1.S. The number of aliphatic hydroxyl groups is 1. The monoisotopic (exact) mass is 594 g/mol. The van der Waals surface area contributed by atoms with Gasteiger partial charge in [-0.3, -0.25) is 14.5 Å². The third-order valence-corrected chi connectivity index (χ3v) is 8.40. The van der Waals surface area contributed by atoms with Crippen LogP contribution in [0, 0.1) is 0 Å². The molecule has 5 rings (SSSR count). The summed E-state index contributed by atoms with van der Waals surface area (Å²) in [4.78, 5) is 31.8. The highest BCUT2D eigenvalue weighted by molar-refractivity contribution is 7.59. The van der Waals surface area contributed by atoms with E-state index in [9.17, 15) is 14.7 Å². The van der Waals surface area contributed by atoms with Gasteiger partial charge in [0.1, 0.15) is 0 Å². The van der Waals surface area contributed by atoms with Crippen molar-refractivity contribution < 1.29 is 19.4 Å². The van der Waals surface area contributed by atoms with Gasteiger partial charge in [0.05, 0.1) is 29.8 Å². The first-order valence-corrected chi connectivity index (χ1v) is 13.9. The van der Waals surface area contributed by atoms with E-state index in [1.807, 2.05) is 12.1 Å². The maximum atomic E-state index is 13.1. The fraction of sp³-hybridized carbons (Fsp3) is 0.500. The van der Waals surface area contributed by atoms with Gasteiger partial charge >= 0.3 is 0 Å². The Morgan fingerprint density at radius 3 is 2.33 bits per heavy atom. The van der Waals surface area contributed by atoms with Crippen LogP contribution in [0.1, 0.15) is 35.7 Å².